The van der Waals surface area contributed by atoms with Crippen molar-refractivity contribution >= 4 is 31.6 Å². The van der Waals surface area contributed by atoms with Gasteiger partial charge in [-0.15, -0.1) is 10.2 Å². The molecule has 3 N–H and O–H groups in total. The van der Waals surface area contributed by atoms with Crippen molar-refractivity contribution in [2.24, 2.45) is 5.92 Å². The van der Waals surface area contributed by atoms with Gasteiger partial charge in [0.2, 0.25) is 20.3 Å². The summed E-state index contributed by atoms with van der Waals surface area (Å²) in [6, 6.07) is -0.0953. The maximum atomic E-state index is 11.9. The van der Waals surface area contributed by atoms with E-state index in [4.69, 9.17) is 10.5 Å². The normalized spacial score (nSPS) is 23.9. The molecule has 1 saturated heterocycles. The second-order valence-electron chi connectivity index (χ2n) is 4.55. The average Bonchev–Trinajstić information content (AvgIpc) is 2.89. The van der Waals surface area contributed by atoms with Gasteiger partial charge in [0.05, 0.1) is 25.0 Å². The Morgan fingerprint density at radius 1 is 1.47 bits per heavy atom. The van der Waals surface area contributed by atoms with Gasteiger partial charge in [-0.05, 0) is 0 Å². The summed E-state index contributed by atoms with van der Waals surface area (Å²) in [5, 5.41) is 11.7. The van der Waals surface area contributed by atoms with Crippen molar-refractivity contribution in [3.63, 3.8) is 0 Å². The van der Waals surface area contributed by atoms with Gasteiger partial charge in [0.25, 0.3) is 0 Å². The fourth-order valence-corrected chi connectivity index (χ4v) is 3.53. The summed E-state index contributed by atoms with van der Waals surface area (Å²) in [5.41, 5.74) is 5.50. The van der Waals surface area contributed by atoms with Gasteiger partial charge in [0.1, 0.15) is 0 Å². The summed E-state index contributed by atoms with van der Waals surface area (Å²) in [6.07, 6.45) is 0. The number of nitrogens with one attached hydrogen (secondary N) is 1. The van der Waals surface area contributed by atoms with E-state index < -0.39 is 10.0 Å². The van der Waals surface area contributed by atoms with E-state index in [-0.39, 0.29) is 17.7 Å². The standard InChI is InChI=1S/C9H17N5O3S2/c1-14(2)19(15,16)5-6-3-17-4-7(6)11-9-13-12-8(10)18-9/h6-7H,3-5H2,1-2H3,(H2,10,12)(H,11,13)/t6-,7+/m0/s1. The first kappa shape index (κ1) is 14.4. The summed E-state index contributed by atoms with van der Waals surface area (Å²) in [7, 11) is -0.192. The molecule has 1 aliphatic rings. The Morgan fingerprint density at radius 2 is 2.21 bits per heavy atom. The van der Waals surface area contributed by atoms with Crippen molar-refractivity contribution in [1.82, 2.24) is 14.5 Å². The molecule has 0 spiro atoms. The highest BCUT2D eigenvalue weighted by Crippen LogP contribution is 2.24. The van der Waals surface area contributed by atoms with Crippen molar-refractivity contribution in [3.05, 3.63) is 0 Å². The molecule has 1 fully saturated rings. The third kappa shape index (κ3) is 3.53. The quantitative estimate of drug-likeness (QED) is 0.750. The maximum absolute atomic E-state index is 11.9. The molecular weight excluding hydrogens is 290 g/mol. The molecule has 1 aromatic heterocycles. The van der Waals surface area contributed by atoms with Crippen LogP contribution in [0.15, 0.2) is 0 Å². The number of rotatable bonds is 5. The van der Waals surface area contributed by atoms with Crippen molar-refractivity contribution in [1.29, 1.82) is 0 Å². The van der Waals surface area contributed by atoms with Crippen LogP contribution in [0.2, 0.25) is 0 Å². The average molecular weight is 307 g/mol. The second-order valence-corrected chi connectivity index (χ2v) is 7.79. The number of hydrogen-bond donors (Lipinski definition) is 2. The molecule has 2 rings (SSSR count). The monoisotopic (exact) mass is 307 g/mol. The van der Waals surface area contributed by atoms with Gasteiger partial charge in [-0.3, -0.25) is 0 Å². The van der Waals surface area contributed by atoms with Crippen LogP contribution in [0.3, 0.4) is 0 Å². The zero-order valence-corrected chi connectivity index (χ0v) is 12.4. The van der Waals surface area contributed by atoms with Crippen LogP contribution in [0.25, 0.3) is 0 Å². The van der Waals surface area contributed by atoms with E-state index in [1.54, 1.807) is 0 Å². The lowest BCUT2D eigenvalue weighted by Gasteiger charge is -2.20. The Morgan fingerprint density at radius 3 is 2.79 bits per heavy atom. The third-order valence-corrected chi connectivity index (χ3v) is 5.57. The van der Waals surface area contributed by atoms with E-state index in [1.807, 2.05) is 0 Å². The number of hydrogen-bond acceptors (Lipinski definition) is 8. The Balaban J connectivity index is 2.01. The van der Waals surface area contributed by atoms with Crippen LogP contribution in [0.4, 0.5) is 10.3 Å². The van der Waals surface area contributed by atoms with E-state index in [0.717, 1.165) is 0 Å². The summed E-state index contributed by atoms with van der Waals surface area (Å²) in [6.45, 7) is 0.867. The highest BCUT2D eigenvalue weighted by Gasteiger charge is 2.33. The molecule has 0 radical (unpaired) electrons. The zero-order valence-electron chi connectivity index (χ0n) is 10.7. The molecule has 0 unspecified atom stereocenters. The molecule has 0 saturated carbocycles. The Labute approximate surface area is 116 Å². The molecule has 108 valence electrons. The van der Waals surface area contributed by atoms with Crippen molar-refractivity contribution < 1.29 is 13.2 Å². The summed E-state index contributed by atoms with van der Waals surface area (Å²) >= 11 is 1.23. The number of nitrogens with two attached hydrogens (primary N) is 1. The molecule has 1 aromatic rings. The lowest BCUT2D eigenvalue weighted by atomic mass is 10.1. The molecule has 19 heavy (non-hydrogen) atoms. The number of nitrogens with zero attached hydrogens (tertiary/aromatic N) is 3. The maximum Gasteiger partial charge on any atom is 0.214 e. The SMILES string of the molecule is CN(C)S(=O)(=O)C[C@@H]1COC[C@H]1Nc1nnc(N)s1. The van der Waals surface area contributed by atoms with Crippen LogP contribution >= 0.6 is 11.3 Å². The third-order valence-electron chi connectivity index (χ3n) is 2.93. The summed E-state index contributed by atoms with van der Waals surface area (Å²) in [4.78, 5) is 0. The van der Waals surface area contributed by atoms with Gasteiger partial charge in [-0.25, -0.2) is 12.7 Å². The molecular formula is C9H17N5O3S2. The van der Waals surface area contributed by atoms with Crippen LogP contribution in [-0.2, 0) is 14.8 Å². The molecule has 0 aliphatic carbocycles. The van der Waals surface area contributed by atoms with Crippen LogP contribution in [0, 0.1) is 5.92 Å². The minimum Gasteiger partial charge on any atom is -0.379 e. The molecule has 0 aromatic carbocycles. The molecule has 2 heterocycles. The van der Waals surface area contributed by atoms with Gasteiger partial charge >= 0.3 is 0 Å². The lowest BCUT2D eigenvalue weighted by molar-refractivity contribution is 0.187. The fourth-order valence-electron chi connectivity index (χ4n) is 1.79. The number of nitrogen functional groups attached to an aromatic ring is 1. The largest absolute Gasteiger partial charge is 0.379 e. The Kier molecular flexibility index (Phi) is 4.23. The van der Waals surface area contributed by atoms with Gasteiger partial charge in [0, 0.05) is 20.0 Å². The minimum absolute atomic E-state index is 0.0476. The van der Waals surface area contributed by atoms with E-state index in [2.05, 4.69) is 15.5 Å². The predicted molar refractivity (Wildman–Crippen MR) is 73.5 cm³/mol. The number of ether oxygens (including phenoxy) is 1. The van der Waals surface area contributed by atoms with Gasteiger partial charge in [0.15, 0.2) is 0 Å². The first-order valence-electron chi connectivity index (χ1n) is 5.72. The van der Waals surface area contributed by atoms with Gasteiger partial charge < -0.3 is 15.8 Å². The van der Waals surface area contributed by atoms with Crippen molar-refractivity contribution in [2.45, 2.75) is 6.04 Å². The highest BCUT2D eigenvalue weighted by molar-refractivity contribution is 7.89. The summed E-state index contributed by atoms with van der Waals surface area (Å²) in [5.74, 6) is -0.0658. The van der Waals surface area contributed by atoms with E-state index in [9.17, 15) is 8.42 Å². The van der Waals surface area contributed by atoms with Crippen molar-refractivity contribution in [2.75, 3.05) is 44.1 Å². The van der Waals surface area contributed by atoms with Gasteiger partial charge in [-0.1, -0.05) is 11.3 Å². The van der Waals surface area contributed by atoms with Crippen LogP contribution < -0.4 is 11.1 Å². The van der Waals surface area contributed by atoms with E-state index in [0.29, 0.717) is 23.5 Å². The van der Waals surface area contributed by atoms with Crippen LogP contribution in [-0.4, -0.2) is 62.0 Å². The van der Waals surface area contributed by atoms with Crippen LogP contribution in [0.1, 0.15) is 0 Å². The first-order chi connectivity index (χ1) is 8.88. The second kappa shape index (κ2) is 5.57. The van der Waals surface area contributed by atoms with E-state index in [1.165, 1.54) is 29.7 Å². The van der Waals surface area contributed by atoms with Gasteiger partial charge in [-0.2, -0.15) is 0 Å². The topological polar surface area (TPSA) is 110 Å². The highest BCUT2D eigenvalue weighted by atomic mass is 32.2. The molecule has 10 heteroatoms. The lowest BCUT2D eigenvalue weighted by Crippen LogP contribution is -2.36. The number of sulfonamides is 1. The Hall–Kier alpha value is -0.970. The van der Waals surface area contributed by atoms with Crippen LogP contribution in [0.5, 0.6) is 0 Å². The zero-order chi connectivity index (χ0) is 14.0. The smallest absolute Gasteiger partial charge is 0.214 e. The molecule has 0 amide bonds. The Bertz CT molecular complexity index is 530. The number of aromatic nitrogens is 2. The molecule has 0 bridgehead atoms. The first-order valence-corrected chi connectivity index (χ1v) is 8.14. The van der Waals surface area contributed by atoms with Crippen molar-refractivity contribution in [3.8, 4) is 0 Å². The number of anilines is 2. The summed E-state index contributed by atoms with van der Waals surface area (Å²) < 4.78 is 30.4. The molecule has 1 aliphatic heterocycles. The molecule has 2 atom stereocenters. The van der Waals surface area contributed by atoms with E-state index >= 15 is 0 Å². The minimum atomic E-state index is -3.25. The molecule has 8 nitrogen and oxygen atoms in total. The fraction of sp³-hybridized carbons (Fsp3) is 0.778. The predicted octanol–water partition coefficient (Wildman–Crippen LogP) is -0.561.